The molecule has 29 heavy (non-hydrogen) atoms. The highest BCUT2D eigenvalue weighted by Crippen LogP contribution is 2.30. The van der Waals surface area contributed by atoms with E-state index in [1.807, 2.05) is 13.8 Å². The van der Waals surface area contributed by atoms with E-state index in [1.165, 1.54) is 11.8 Å². The van der Waals surface area contributed by atoms with Gasteiger partial charge < -0.3 is 10.1 Å². The summed E-state index contributed by atoms with van der Waals surface area (Å²) in [5, 5.41) is 4.08. The summed E-state index contributed by atoms with van der Waals surface area (Å²) >= 11 is 13.3. The summed E-state index contributed by atoms with van der Waals surface area (Å²) in [5.74, 6) is 9.39. The van der Waals surface area contributed by atoms with Gasteiger partial charge in [0.15, 0.2) is 0 Å². The molecule has 1 unspecified atom stereocenters. The van der Waals surface area contributed by atoms with Crippen LogP contribution in [0, 0.1) is 24.2 Å². The minimum absolute atomic E-state index is 0.277. The number of pyridine rings is 1. The minimum atomic E-state index is -0.767. The van der Waals surface area contributed by atoms with Gasteiger partial charge in [0.05, 0.1) is 16.1 Å². The molecule has 0 aliphatic rings. The van der Waals surface area contributed by atoms with E-state index in [4.69, 9.17) is 34.4 Å². The molecule has 1 N–H and O–H groups in total. The molecule has 2 rings (SSSR count). The fourth-order valence-electron chi connectivity index (χ4n) is 2.50. The number of unbranched alkanes of at least 4 members (excludes halogenated alkanes) is 1. The van der Waals surface area contributed by atoms with Gasteiger partial charge in [-0.05, 0) is 38.7 Å². The summed E-state index contributed by atoms with van der Waals surface area (Å²) in [4.78, 5) is 17.0. The molecule has 0 spiro atoms. The van der Waals surface area contributed by atoms with E-state index >= 15 is 0 Å². The van der Waals surface area contributed by atoms with Crippen molar-refractivity contribution in [2.24, 2.45) is 0 Å². The van der Waals surface area contributed by atoms with Crippen molar-refractivity contribution in [2.45, 2.75) is 37.7 Å². The fraction of sp³-hybridized carbons (Fsp3) is 0.364. The highest BCUT2D eigenvalue weighted by molar-refractivity contribution is 7.99. The maximum absolute atomic E-state index is 12.7. The Morgan fingerprint density at radius 2 is 2.17 bits per heavy atom. The molecule has 0 saturated heterocycles. The van der Waals surface area contributed by atoms with E-state index in [9.17, 15) is 4.79 Å². The first kappa shape index (κ1) is 23.2. The number of carbonyl (C=O) groups excluding carboxylic acids is 1. The third kappa shape index (κ3) is 6.75. The van der Waals surface area contributed by atoms with Crippen LogP contribution in [-0.4, -0.2) is 34.0 Å². The Hall–Kier alpha value is -2.05. The molecule has 7 heteroatoms. The van der Waals surface area contributed by atoms with E-state index in [-0.39, 0.29) is 5.91 Å². The van der Waals surface area contributed by atoms with Crippen molar-refractivity contribution in [3.63, 3.8) is 0 Å². The smallest absolute Gasteiger partial charge is 0.272 e. The lowest BCUT2D eigenvalue weighted by Crippen LogP contribution is -2.47. The van der Waals surface area contributed by atoms with Crippen molar-refractivity contribution in [3.05, 3.63) is 35.0 Å². The molecule has 2 aromatic rings. The third-order valence-electron chi connectivity index (χ3n) is 3.82. The van der Waals surface area contributed by atoms with Gasteiger partial charge in [-0.1, -0.05) is 23.4 Å². The Bertz CT molecular complexity index is 990. The van der Waals surface area contributed by atoms with Gasteiger partial charge in [0.25, 0.3) is 5.91 Å². The summed E-state index contributed by atoms with van der Waals surface area (Å²) in [5.41, 5.74) is -0.194. The second kappa shape index (κ2) is 10.6. The SMILES string of the molecule is C#Cc1cnc2c(Cl)cc(OC(SC)C(=O)NC(C)(C)C#CCCCCl)cc2c1. The number of benzene rings is 1. The molecule has 0 fully saturated rings. The summed E-state index contributed by atoms with van der Waals surface area (Å²) in [7, 11) is 0. The third-order valence-corrected chi connectivity index (χ3v) is 5.11. The maximum Gasteiger partial charge on any atom is 0.272 e. The number of thioether (sulfide) groups is 1. The number of terminal acetylenes is 1. The largest absolute Gasteiger partial charge is 0.470 e. The first-order valence-corrected chi connectivity index (χ1v) is 11.1. The molecule has 1 amide bonds. The standard InChI is InChI=1S/C22H22Cl2N2O2S/c1-5-15-11-16-12-17(13-18(24)19(16)25-14-15)28-21(29-4)20(27)26-22(2,3)9-7-6-8-10-23/h1,11-14,21H,6,8,10H2,2-4H3,(H,26,27). The van der Waals surface area contributed by atoms with Crippen LogP contribution in [0.25, 0.3) is 10.9 Å². The molecule has 1 aromatic heterocycles. The Morgan fingerprint density at radius 3 is 2.83 bits per heavy atom. The molecule has 4 nitrogen and oxygen atoms in total. The number of fused-ring (bicyclic) bond motifs is 1. The Balaban J connectivity index is 2.17. The minimum Gasteiger partial charge on any atom is -0.470 e. The number of nitrogens with zero attached hydrogens (tertiary/aromatic N) is 1. The summed E-state index contributed by atoms with van der Waals surface area (Å²) in [6.07, 6.45) is 10.3. The molecule has 1 heterocycles. The van der Waals surface area contributed by atoms with Crippen molar-refractivity contribution >= 4 is 51.8 Å². The first-order chi connectivity index (χ1) is 13.8. The van der Waals surface area contributed by atoms with Crippen LogP contribution in [0.5, 0.6) is 5.75 Å². The lowest BCUT2D eigenvalue weighted by Gasteiger charge is -2.24. The number of halogens is 2. The van der Waals surface area contributed by atoms with E-state index in [0.29, 0.717) is 34.2 Å². The van der Waals surface area contributed by atoms with Gasteiger partial charge in [-0.2, -0.15) is 0 Å². The molecule has 0 aliphatic carbocycles. The monoisotopic (exact) mass is 448 g/mol. The van der Waals surface area contributed by atoms with Crippen LogP contribution in [0.1, 0.15) is 32.3 Å². The zero-order valence-electron chi connectivity index (χ0n) is 16.5. The van der Waals surface area contributed by atoms with Crippen LogP contribution in [0.2, 0.25) is 5.02 Å². The quantitative estimate of drug-likeness (QED) is 0.284. The summed E-state index contributed by atoms with van der Waals surface area (Å²) in [6.45, 7) is 3.69. The van der Waals surface area contributed by atoms with Crippen molar-refractivity contribution in [2.75, 3.05) is 12.1 Å². The number of nitrogens with one attached hydrogen (secondary N) is 1. The van der Waals surface area contributed by atoms with E-state index in [2.05, 4.69) is 28.1 Å². The van der Waals surface area contributed by atoms with Crippen LogP contribution in [0.4, 0.5) is 0 Å². The normalized spacial score (nSPS) is 11.9. The number of aromatic nitrogens is 1. The van der Waals surface area contributed by atoms with Gasteiger partial charge in [0, 0.05) is 35.5 Å². The maximum atomic E-state index is 12.7. The number of hydrogen-bond donors (Lipinski definition) is 1. The number of alkyl halides is 1. The molecular formula is C22H22Cl2N2O2S. The second-order valence-corrected chi connectivity index (χ2v) is 8.42. The van der Waals surface area contributed by atoms with E-state index in [1.54, 1.807) is 30.7 Å². The number of ether oxygens (including phenoxy) is 1. The summed E-state index contributed by atoms with van der Waals surface area (Å²) < 4.78 is 5.90. The van der Waals surface area contributed by atoms with Crippen LogP contribution in [0.3, 0.4) is 0 Å². The molecule has 1 atom stereocenters. The molecular weight excluding hydrogens is 427 g/mol. The molecule has 0 saturated carbocycles. The molecule has 1 aromatic carbocycles. The topological polar surface area (TPSA) is 51.2 Å². The van der Waals surface area contributed by atoms with Gasteiger partial charge in [-0.15, -0.1) is 35.7 Å². The molecule has 0 bridgehead atoms. The van der Waals surface area contributed by atoms with Crippen LogP contribution < -0.4 is 10.1 Å². The van der Waals surface area contributed by atoms with Gasteiger partial charge in [-0.25, -0.2) is 0 Å². The lowest BCUT2D eigenvalue weighted by atomic mass is 10.1. The van der Waals surface area contributed by atoms with E-state index in [0.717, 1.165) is 11.8 Å². The number of hydrogen-bond acceptors (Lipinski definition) is 4. The number of rotatable bonds is 7. The lowest BCUT2D eigenvalue weighted by molar-refractivity contribution is -0.125. The van der Waals surface area contributed by atoms with Crippen molar-refractivity contribution in [1.29, 1.82) is 0 Å². The van der Waals surface area contributed by atoms with E-state index < -0.39 is 11.0 Å². The summed E-state index contributed by atoms with van der Waals surface area (Å²) in [6, 6.07) is 5.21. The van der Waals surface area contributed by atoms with Crippen LogP contribution in [0.15, 0.2) is 24.4 Å². The van der Waals surface area contributed by atoms with Gasteiger partial charge in [-0.3, -0.25) is 9.78 Å². The van der Waals surface area contributed by atoms with Gasteiger partial charge in [0.1, 0.15) is 5.75 Å². The highest BCUT2D eigenvalue weighted by Gasteiger charge is 2.25. The van der Waals surface area contributed by atoms with Crippen LogP contribution in [-0.2, 0) is 4.79 Å². The predicted octanol–water partition coefficient (Wildman–Crippen LogP) is 4.85. The molecule has 0 radical (unpaired) electrons. The Morgan fingerprint density at radius 1 is 1.41 bits per heavy atom. The first-order valence-electron chi connectivity index (χ1n) is 8.93. The van der Waals surface area contributed by atoms with Gasteiger partial charge in [0.2, 0.25) is 5.44 Å². The number of carbonyl (C=O) groups is 1. The second-order valence-electron chi connectivity index (χ2n) is 6.74. The Kier molecular flexibility index (Phi) is 8.53. The molecule has 152 valence electrons. The highest BCUT2D eigenvalue weighted by atomic mass is 35.5. The fourth-order valence-corrected chi connectivity index (χ4v) is 3.38. The van der Waals surface area contributed by atoms with Gasteiger partial charge >= 0.3 is 0 Å². The number of amides is 1. The predicted molar refractivity (Wildman–Crippen MR) is 123 cm³/mol. The average molecular weight is 449 g/mol. The zero-order valence-corrected chi connectivity index (χ0v) is 18.8. The Labute approximate surface area is 186 Å². The zero-order chi connectivity index (χ0) is 21.4. The van der Waals surface area contributed by atoms with Crippen molar-refractivity contribution < 1.29 is 9.53 Å². The average Bonchev–Trinajstić information content (AvgIpc) is 2.68. The van der Waals surface area contributed by atoms with Crippen molar-refractivity contribution in [1.82, 2.24) is 10.3 Å². The molecule has 0 aliphatic heterocycles. The van der Waals surface area contributed by atoms with Crippen LogP contribution >= 0.6 is 35.0 Å². The van der Waals surface area contributed by atoms with Crippen molar-refractivity contribution in [3.8, 4) is 29.9 Å².